The lowest BCUT2D eigenvalue weighted by Gasteiger charge is -2.26. The third kappa shape index (κ3) is 4.24. The minimum atomic E-state index is -0.206. The molecule has 0 aliphatic carbocycles. The second kappa shape index (κ2) is 7.63. The molecule has 0 unspecified atom stereocenters. The number of H-pyrrole nitrogens is 1. The lowest BCUT2D eigenvalue weighted by atomic mass is 10.2. The molecule has 0 amide bonds. The maximum absolute atomic E-state index is 12.1. The minimum absolute atomic E-state index is 0.0518. The van der Waals surface area contributed by atoms with Crippen LogP contribution in [0, 0.1) is 0 Å². The molecular formula is C17H24N4O3. The number of rotatable bonds is 6. The Balaban J connectivity index is 1.68. The van der Waals surface area contributed by atoms with Gasteiger partial charge in [0.05, 0.1) is 17.0 Å². The van der Waals surface area contributed by atoms with Crippen LogP contribution in [-0.4, -0.2) is 60.3 Å². The van der Waals surface area contributed by atoms with Crippen LogP contribution < -0.4 is 20.3 Å². The smallest absolute Gasteiger partial charge is 0.297 e. The van der Waals surface area contributed by atoms with Gasteiger partial charge < -0.3 is 14.8 Å². The molecule has 1 saturated heterocycles. The first-order chi connectivity index (χ1) is 11.6. The summed E-state index contributed by atoms with van der Waals surface area (Å²) in [4.78, 5) is 21.5. The normalized spacial score (nSPS) is 15.8. The van der Waals surface area contributed by atoms with Crippen molar-refractivity contribution in [1.29, 1.82) is 0 Å². The fourth-order valence-corrected chi connectivity index (χ4v) is 2.69. The summed E-state index contributed by atoms with van der Waals surface area (Å²) in [6.07, 6.45) is -0.0518. The van der Waals surface area contributed by atoms with Crippen molar-refractivity contribution in [2.24, 2.45) is 0 Å². The van der Waals surface area contributed by atoms with E-state index in [0.29, 0.717) is 23.3 Å². The molecule has 1 aliphatic heterocycles. The Bertz CT molecular complexity index is 738. The number of fused-ring (bicyclic) bond motifs is 1. The summed E-state index contributed by atoms with van der Waals surface area (Å²) in [5.74, 6) is 0.714. The molecule has 0 atom stereocenters. The maximum atomic E-state index is 12.1. The number of piperazine rings is 1. The summed E-state index contributed by atoms with van der Waals surface area (Å²) in [5, 5.41) is 3.86. The number of aromatic amines is 1. The zero-order valence-corrected chi connectivity index (χ0v) is 14.2. The van der Waals surface area contributed by atoms with E-state index in [1.807, 2.05) is 13.8 Å². The van der Waals surface area contributed by atoms with Crippen molar-refractivity contribution in [3.05, 3.63) is 28.6 Å². The molecule has 0 bridgehead atoms. The summed E-state index contributed by atoms with van der Waals surface area (Å²) in [6, 6.07) is 5.57. The van der Waals surface area contributed by atoms with Crippen molar-refractivity contribution in [2.45, 2.75) is 20.0 Å². The predicted molar refractivity (Wildman–Crippen MR) is 92.9 cm³/mol. The van der Waals surface area contributed by atoms with E-state index in [-0.39, 0.29) is 17.7 Å². The van der Waals surface area contributed by atoms with Crippen LogP contribution in [0.5, 0.6) is 11.8 Å². The van der Waals surface area contributed by atoms with Gasteiger partial charge in [0.15, 0.2) is 0 Å². The van der Waals surface area contributed by atoms with Crippen molar-refractivity contribution in [3.63, 3.8) is 0 Å². The van der Waals surface area contributed by atoms with Gasteiger partial charge >= 0.3 is 0 Å². The molecule has 7 nitrogen and oxygen atoms in total. The molecule has 0 spiro atoms. The van der Waals surface area contributed by atoms with Crippen molar-refractivity contribution in [3.8, 4) is 11.8 Å². The molecule has 1 aliphatic rings. The van der Waals surface area contributed by atoms with Crippen molar-refractivity contribution in [2.75, 3.05) is 39.3 Å². The van der Waals surface area contributed by atoms with E-state index in [1.165, 1.54) is 0 Å². The summed E-state index contributed by atoms with van der Waals surface area (Å²) < 4.78 is 11.3. The maximum Gasteiger partial charge on any atom is 0.297 e. The lowest BCUT2D eigenvalue weighted by molar-refractivity contribution is 0.191. The van der Waals surface area contributed by atoms with Gasteiger partial charge in [-0.3, -0.25) is 14.7 Å². The number of nitrogens with zero attached hydrogens (tertiary/aromatic N) is 2. The highest BCUT2D eigenvalue weighted by Crippen LogP contribution is 2.18. The Hall–Kier alpha value is -2.12. The number of hydrogen-bond acceptors (Lipinski definition) is 6. The first kappa shape index (κ1) is 16.7. The predicted octanol–water partition coefficient (Wildman–Crippen LogP) is 0.994. The molecule has 0 saturated carbocycles. The number of nitrogens with one attached hydrogen (secondary N) is 2. The van der Waals surface area contributed by atoms with Crippen LogP contribution in [0.2, 0.25) is 0 Å². The fraction of sp³-hybridized carbons (Fsp3) is 0.529. The molecule has 2 heterocycles. The van der Waals surface area contributed by atoms with Crippen LogP contribution in [0.15, 0.2) is 23.0 Å². The van der Waals surface area contributed by atoms with Gasteiger partial charge in [0.2, 0.25) is 0 Å². The second-order valence-corrected chi connectivity index (χ2v) is 6.16. The first-order valence-corrected chi connectivity index (χ1v) is 8.38. The summed E-state index contributed by atoms with van der Waals surface area (Å²) in [7, 11) is 0. The Morgan fingerprint density at radius 3 is 2.83 bits per heavy atom. The van der Waals surface area contributed by atoms with E-state index < -0.39 is 0 Å². The molecule has 1 aromatic carbocycles. The van der Waals surface area contributed by atoms with E-state index in [9.17, 15) is 4.79 Å². The molecule has 1 fully saturated rings. The van der Waals surface area contributed by atoms with Gasteiger partial charge in [-0.1, -0.05) is 0 Å². The van der Waals surface area contributed by atoms with Crippen molar-refractivity contribution in [1.82, 2.24) is 20.2 Å². The largest absolute Gasteiger partial charge is 0.492 e. The van der Waals surface area contributed by atoms with Crippen molar-refractivity contribution >= 4 is 10.9 Å². The molecular weight excluding hydrogens is 308 g/mol. The standard InChI is InChI=1S/C17H24N4O3/c1-12(2)24-17-19-15-11-13(3-4-14(15)16(22)20-17)23-10-9-21-7-5-18-6-8-21/h3-4,11-12,18H,5-10H2,1-2H3,(H,19,20,22). The fourth-order valence-electron chi connectivity index (χ4n) is 2.69. The van der Waals surface area contributed by atoms with Crippen LogP contribution in [0.3, 0.4) is 0 Å². The summed E-state index contributed by atoms with van der Waals surface area (Å²) in [6.45, 7) is 9.44. The van der Waals surface area contributed by atoms with Gasteiger partial charge in [-0.15, -0.1) is 0 Å². The number of aromatic nitrogens is 2. The van der Waals surface area contributed by atoms with Crippen LogP contribution in [-0.2, 0) is 0 Å². The van der Waals surface area contributed by atoms with E-state index in [2.05, 4.69) is 20.2 Å². The van der Waals surface area contributed by atoms with Gasteiger partial charge in [0.25, 0.3) is 11.6 Å². The van der Waals surface area contributed by atoms with Gasteiger partial charge in [-0.25, -0.2) is 0 Å². The highest BCUT2D eigenvalue weighted by Gasteiger charge is 2.10. The Morgan fingerprint density at radius 2 is 2.08 bits per heavy atom. The molecule has 1 aromatic heterocycles. The van der Waals surface area contributed by atoms with Gasteiger partial charge in [-0.05, 0) is 26.0 Å². The lowest BCUT2D eigenvalue weighted by Crippen LogP contribution is -2.44. The molecule has 130 valence electrons. The van der Waals surface area contributed by atoms with Gasteiger partial charge in [-0.2, -0.15) is 4.98 Å². The zero-order chi connectivity index (χ0) is 16.9. The third-order valence-corrected chi connectivity index (χ3v) is 3.89. The molecule has 2 N–H and O–H groups in total. The monoisotopic (exact) mass is 332 g/mol. The number of benzene rings is 1. The number of hydrogen-bond donors (Lipinski definition) is 2. The summed E-state index contributed by atoms with van der Waals surface area (Å²) >= 11 is 0. The van der Waals surface area contributed by atoms with Crippen LogP contribution in [0.25, 0.3) is 10.9 Å². The molecule has 2 aromatic rings. The Kier molecular flexibility index (Phi) is 5.32. The number of ether oxygens (including phenoxy) is 2. The van der Waals surface area contributed by atoms with E-state index in [1.54, 1.807) is 18.2 Å². The zero-order valence-electron chi connectivity index (χ0n) is 14.2. The Labute approximate surface area is 141 Å². The van der Waals surface area contributed by atoms with Crippen LogP contribution >= 0.6 is 0 Å². The molecule has 3 rings (SSSR count). The highest BCUT2D eigenvalue weighted by molar-refractivity contribution is 5.79. The van der Waals surface area contributed by atoms with Gasteiger partial charge in [0.1, 0.15) is 12.4 Å². The molecule has 24 heavy (non-hydrogen) atoms. The second-order valence-electron chi connectivity index (χ2n) is 6.16. The first-order valence-electron chi connectivity index (χ1n) is 8.38. The minimum Gasteiger partial charge on any atom is -0.492 e. The van der Waals surface area contributed by atoms with E-state index in [4.69, 9.17) is 9.47 Å². The molecule has 7 heteroatoms. The Morgan fingerprint density at radius 1 is 1.29 bits per heavy atom. The van der Waals surface area contributed by atoms with Crippen molar-refractivity contribution < 1.29 is 9.47 Å². The van der Waals surface area contributed by atoms with E-state index in [0.717, 1.165) is 32.7 Å². The quantitative estimate of drug-likeness (QED) is 0.821. The average Bonchev–Trinajstić information content (AvgIpc) is 2.55. The summed E-state index contributed by atoms with van der Waals surface area (Å²) in [5.41, 5.74) is 0.372. The third-order valence-electron chi connectivity index (χ3n) is 3.89. The highest BCUT2D eigenvalue weighted by atomic mass is 16.5. The van der Waals surface area contributed by atoms with Crippen LogP contribution in [0.1, 0.15) is 13.8 Å². The SMILES string of the molecule is CC(C)Oc1nc2cc(OCCN3CCNCC3)ccc2c(=O)[nH]1. The average molecular weight is 332 g/mol. The molecule has 0 radical (unpaired) electrons. The van der Waals surface area contributed by atoms with Crippen LogP contribution in [0.4, 0.5) is 0 Å². The van der Waals surface area contributed by atoms with Gasteiger partial charge in [0, 0.05) is 38.8 Å². The van der Waals surface area contributed by atoms with E-state index >= 15 is 0 Å². The topological polar surface area (TPSA) is 79.5 Å².